The number of rotatable bonds is 7. The predicted octanol–water partition coefficient (Wildman–Crippen LogP) is 4.46. The van der Waals surface area contributed by atoms with Gasteiger partial charge in [0.1, 0.15) is 10.9 Å². The minimum Gasteiger partial charge on any atom is -0.495 e. The first-order chi connectivity index (χ1) is 16.4. The molecule has 0 radical (unpaired) electrons. The Hall–Kier alpha value is -3.95. The summed E-state index contributed by atoms with van der Waals surface area (Å²) in [7, 11) is -2.52. The van der Waals surface area contributed by atoms with Crippen molar-refractivity contribution in [3.63, 3.8) is 0 Å². The molecule has 0 aliphatic carbocycles. The lowest BCUT2D eigenvalue weighted by atomic mass is 10.2. The summed E-state index contributed by atoms with van der Waals surface area (Å²) in [6.07, 6.45) is 1.38. The van der Waals surface area contributed by atoms with Crippen LogP contribution in [-0.2, 0) is 10.0 Å². The highest BCUT2D eigenvalue weighted by molar-refractivity contribution is 7.92. The lowest BCUT2D eigenvalue weighted by molar-refractivity contribution is 0.0955. The first-order valence-corrected chi connectivity index (χ1v) is 11.9. The number of hydrogen-bond donors (Lipinski definition) is 2. The molecule has 1 amide bonds. The molecular weight excluding hydrogens is 476 g/mol. The van der Waals surface area contributed by atoms with Gasteiger partial charge in [0.15, 0.2) is 0 Å². The van der Waals surface area contributed by atoms with Gasteiger partial charge in [0.05, 0.1) is 29.4 Å². The number of hydrazone groups is 1. The number of amides is 1. The number of pyridine rings is 1. The number of nitrogens with zero attached hydrogens (tertiary/aromatic N) is 2. The molecule has 0 spiro atoms. The maximum absolute atomic E-state index is 12.8. The lowest BCUT2D eigenvalue weighted by Crippen LogP contribution is -2.19. The zero-order valence-electron chi connectivity index (χ0n) is 17.9. The van der Waals surface area contributed by atoms with Crippen molar-refractivity contribution < 1.29 is 17.9 Å². The third-order valence-corrected chi connectivity index (χ3v) is 6.50. The van der Waals surface area contributed by atoms with Crippen LogP contribution in [0.4, 0.5) is 5.69 Å². The second-order valence-corrected chi connectivity index (χ2v) is 9.13. The summed E-state index contributed by atoms with van der Waals surface area (Å²) in [5.41, 5.74) is 4.04. The molecule has 4 rings (SSSR count). The van der Waals surface area contributed by atoms with Crippen molar-refractivity contribution in [2.75, 3.05) is 11.8 Å². The van der Waals surface area contributed by atoms with Gasteiger partial charge in [0.25, 0.3) is 15.9 Å². The minimum atomic E-state index is -3.97. The van der Waals surface area contributed by atoms with E-state index in [9.17, 15) is 13.2 Å². The summed E-state index contributed by atoms with van der Waals surface area (Å²) >= 11 is 6.20. The molecule has 0 atom stereocenters. The van der Waals surface area contributed by atoms with Crippen molar-refractivity contribution in [1.29, 1.82) is 0 Å². The van der Waals surface area contributed by atoms with Crippen LogP contribution < -0.4 is 14.9 Å². The molecule has 34 heavy (non-hydrogen) atoms. The van der Waals surface area contributed by atoms with Crippen LogP contribution in [0.25, 0.3) is 10.9 Å². The highest BCUT2D eigenvalue weighted by atomic mass is 35.5. The van der Waals surface area contributed by atoms with E-state index in [0.29, 0.717) is 11.3 Å². The van der Waals surface area contributed by atoms with E-state index < -0.39 is 15.9 Å². The molecule has 172 valence electrons. The van der Waals surface area contributed by atoms with Gasteiger partial charge in [-0.1, -0.05) is 48.0 Å². The second-order valence-electron chi connectivity index (χ2n) is 7.09. The summed E-state index contributed by atoms with van der Waals surface area (Å²) in [6, 6.07) is 21.5. The van der Waals surface area contributed by atoms with Gasteiger partial charge in [-0.2, -0.15) is 5.10 Å². The molecule has 0 aliphatic rings. The molecule has 2 N–H and O–H groups in total. The van der Waals surface area contributed by atoms with Crippen molar-refractivity contribution in [2.45, 2.75) is 4.90 Å². The number of para-hydroxylation sites is 3. The number of hydrogen-bond acceptors (Lipinski definition) is 6. The fourth-order valence-corrected chi connectivity index (χ4v) is 4.47. The Kier molecular flexibility index (Phi) is 6.76. The SMILES string of the molecule is COc1ccccc1NS(=O)(=O)c1cccc(C(=O)N/N=C/c2cc3ccccc3nc2Cl)c1. The summed E-state index contributed by atoms with van der Waals surface area (Å²) in [4.78, 5) is 16.8. The topological polar surface area (TPSA) is 110 Å². The monoisotopic (exact) mass is 494 g/mol. The smallest absolute Gasteiger partial charge is 0.271 e. The molecule has 8 nitrogen and oxygen atoms in total. The standard InChI is InChI=1S/C24H19ClN4O4S/c1-33-22-12-5-4-11-21(22)29-34(31,32)19-9-6-8-17(14-19)24(30)28-26-15-18-13-16-7-2-3-10-20(16)27-23(18)25/h2-15,29H,1H3,(H,28,30)/b26-15+. The Bertz CT molecular complexity index is 1510. The van der Waals surface area contributed by atoms with Gasteiger partial charge in [-0.05, 0) is 42.5 Å². The van der Waals surface area contributed by atoms with E-state index in [0.717, 1.165) is 10.9 Å². The highest BCUT2D eigenvalue weighted by Gasteiger charge is 2.18. The molecule has 10 heteroatoms. The molecule has 0 fully saturated rings. The molecule has 0 saturated carbocycles. The van der Waals surface area contributed by atoms with E-state index in [4.69, 9.17) is 16.3 Å². The zero-order chi connectivity index (χ0) is 24.1. The normalized spacial score (nSPS) is 11.5. The average molecular weight is 495 g/mol. The van der Waals surface area contributed by atoms with E-state index in [-0.39, 0.29) is 21.3 Å². The summed E-state index contributed by atoms with van der Waals surface area (Å²) in [6.45, 7) is 0. The molecular formula is C24H19ClN4O4S. The zero-order valence-corrected chi connectivity index (χ0v) is 19.5. The molecule has 4 aromatic rings. The van der Waals surface area contributed by atoms with Crippen molar-refractivity contribution in [3.05, 3.63) is 95.1 Å². The van der Waals surface area contributed by atoms with E-state index in [1.54, 1.807) is 30.3 Å². The molecule has 0 aliphatic heterocycles. The first-order valence-electron chi connectivity index (χ1n) is 10.0. The van der Waals surface area contributed by atoms with Crippen LogP contribution in [0.5, 0.6) is 5.75 Å². The maximum Gasteiger partial charge on any atom is 0.271 e. The minimum absolute atomic E-state index is 0.0863. The molecule has 1 aromatic heterocycles. The number of aromatic nitrogens is 1. The quantitative estimate of drug-likeness (QED) is 0.224. The van der Waals surface area contributed by atoms with Gasteiger partial charge >= 0.3 is 0 Å². The van der Waals surface area contributed by atoms with Crippen molar-refractivity contribution in [2.24, 2.45) is 5.10 Å². The van der Waals surface area contributed by atoms with Crippen molar-refractivity contribution >= 4 is 50.3 Å². The number of anilines is 1. The largest absolute Gasteiger partial charge is 0.495 e. The van der Waals surface area contributed by atoms with Crippen LogP contribution in [0.15, 0.2) is 88.9 Å². The van der Waals surface area contributed by atoms with Crippen LogP contribution in [-0.4, -0.2) is 32.6 Å². The van der Waals surface area contributed by atoms with Crippen molar-refractivity contribution in [3.8, 4) is 5.75 Å². The third kappa shape index (κ3) is 5.16. The highest BCUT2D eigenvalue weighted by Crippen LogP contribution is 2.26. The molecule has 3 aromatic carbocycles. The average Bonchev–Trinajstić information content (AvgIpc) is 2.84. The number of sulfonamides is 1. The summed E-state index contributed by atoms with van der Waals surface area (Å²) in [5, 5.41) is 5.06. The Balaban J connectivity index is 1.50. The number of carbonyl (C=O) groups excluding carboxylic acids is 1. The Morgan fingerprint density at radius 2 is 1.79 bits per heavy atom. The fraction of sp³-hybridized carbons (Fsp3) is 0.0417. The van der Waals surface area contributed by atoms with Crippen molar-refractivity contribution in [1.82, 2.24) is 10.4 Å². The second kappa shape index (κ2) is 9.90. The van der Waals surface area contributed by atoms with Gasteiger partial charge in [-0.25, -0.2) is 18.8 Å². The van der Waals surface area contributed by atoms with Crippen LogP contribution in [0.1, 0.15) is 15.9 Å². The first kappa shape index (κ1) is 23.2. The van der Waals surface area contributed by atoms with Gasteiger partial charge < -0.3 is 4.74 Å². The van der Waals surface area contributed by atoms with E-state index in [1.165, 1.54) is 37.6 Å². The Morgan fingerprint density at radius 3 is 2.62 bits per heavy atom. The number of methoxy groups -OCH3 is 1. The summed E-state index contributed by atoms with van der Waals surface area (Å²) in [5.74, 6) is -0.216. The van der Waals surface area contributed by atoms with Gasteiger partial charge in [-0.3, -0.25) is 9.52 Å². The number of carbonyl (C=O) groups is 1. The third-order valence-electron chi connectivity index (χ3n) is 4.83. The Labute approximate surface area is 201 Å². The summed E-state index contributed by atoms with van der Waals surface area (Å²) < 4.78 is 33.3. The predicted molar refractivity (Wildman–Crippen MR) is 132 cm³/mol. The molecule has 0 saturated heterocycles. The molecule has 0 unspecified atom stereocenters. The lowest BCUT2D eigenvalue weighted by Gasteiger charge is -2.12. The number of nitrogens with one attached hydrogen (secondary N) is 2. The fourth-order valence-electron chi connectivity index (χ4n) is 3.16. The van der Waals surface area contributed by atoms with E-state index in [1.807, 2.05) is 24.3 Å². The van der Waals surface area contributed by atoms with Crippen LogP contribution in [0.3, 0.4) is 0 Å². The number of halogens is 1. The maximum atomic E-state index is 12.8. The van der Waals surface area contributed by atoms with E-state index >= 15 is 0 Å². The van der Waals surface area contributed by atoms with Gasteiger partial charge in [0.2, 0.25) is 0 Å². The number of benzene rings is 3. The van der Waals surface area contributed by atoms with Gasteiger partial charge in [-0.15, -0.1) is 0 Å². The number of fused-ring (bicyclic) bond motifs is 1. The molecule has 1 heterocycles. The Morgan fingerprint density at radius 1 is 1.03 bits per heavy atom. The number of ether oxygens (including phenoxy) is 1. The molecule has 0 bridgehead atoms. The van der Waals surface area contributed by atoms with Crippen LogP contribution in [0.2, 0.25) is 5.15 Å². The van der Waals surface area contributed by atoms with Crippen LogP contribution >= 0.6 is 11.6 Å². The van der Waals surface area contributed by atoms with Gasteiger partial charge in [0, 0.05) is 16.5 Å². The van der Waals surface area contributed by atoms with Crippen LogP contribution in [0, 0.1) is 0 Å². The van der Waals surface area contributed by atoms with E-state index in [2.05, 4.69) is 20.2 Å².